The number of hydrogen-bond donors (Lipinski definition) is 4. The number of aliphatic hydroxyl groups excluding tert-OH is 3. The fraction of sp³-hybridized carbons (Fsp3) is 0.771. The minimum Gasteiger partial charge on any atom is -0.449 e. The number of carbonyl (C=O) groups is 2. The minimum absolute atomic E-state index is 0.0964. The number of ether oxygens (including phenoxy) is 2. The van der Waals surface area contributed by atoms with Crippen molar-refractivity contribution in [2.24, 2.45) is 11.8 Å². The molecule has 1 heterocycles. The fourth-order valence-corrected chi connectivity index (χ4v) is 5.44. The molecule has 0 unspecified atom stereocenters. The normalized spacial score (nSPS) is 32.6. The lowest BCUT2D eigenvalue weighted by molar-refractivity contribution is -0.152. The number of methoxy groups -OCH3 is 1. The maximum atomic E-state index is 12.8. The molecule has 4 N–H and O–H groups in total. The van der Waals surface area contributed by atoms with Gasteiger partial charge in [-0.15, -0.1) is 0 Å². The topological polar surface area (TPSA) is 125 Å². The summed E-state index contributed by atoms with van der Waals surface area (Å²) in [4.78, 5) is 25.6. The zero-order valence-electron chi connectivity index (χ0n) is 27.6. The summed E-state index contributed by atoms with van der Waals surface area (Å²) in [5.74, 6) is -0.216. The Bertz CT molecular complexity index is 868. The van der Waals surface area contributed by atoms with Crippen molar-refractivity contribution < 1.29 is 34.4 Å². The van der Waals surface area contributed by atoms with Gasteiger partial charge in [0.05, 0.1) is 24.9 Å². The summed E-state index contributed by atoms with van der Waals surface area (Å²) in [7, 11) is 1.64. The first-order chi connectivity index (χ1) is 20.6. The highest BCUT2D eigenvalue weighted by Gasteiger charge is 2.25. The first-order valence-corrected chi connectivity index (χ1v) is 16.7. The van der Waals surface area contributed by atoms with Crippen LogP contribution in [0.1, 0.15) is 118 Å². The second-order valence-corrected chi connectivity index (χ2v) is 12.3. The van der Waals surface area contributed by atoms with Gasteiger partial charge in [0, 0.05) is 25.6 Å². The monoisotopic (exact) mass is 607 g/mol. The quantitative estimate of drug-likeness (QED) is 0.285. The Labute approximate surface area is 261 Å². The number of amides is 1. The van der Waals surface area contributed by atoms with Crippen molar-refractivity contribution in [2.45, 2.75) is 142 Å². The first kappa shape index (κ1) is 39.0. The standard InChI is InChI=1S/C35H61NO7/c1-6-15-33-34(40)36-24-30(37)23-32(39)31(38)21-20-29(25-42-5)19-14-18-28(7-2)17-13-11-9-8-10-12-16-26(3)22-27(4)35(41)43-33/h14,18-19,22,26,28,30-33,37-39H,6-13,15-17,20-21,23-25H2,1-5H3,(H,36,40)/b18-14-,27-22-,29-19+/t26-,28+,30+,31-,32+,33+/m1/s1. The average Bonchev–Trinajstić information content (AvgIpc) is 2.97. The number of hydrogen-bond acceptors (Lipinski definition) is 7. The molecule has 43 heavy (non-hydrogen) atoms. The van der Waals surface area contributed by atoms with Gasteiger partial charge in [0.25, 0.3) is 5.91 Å². The maximum absolute atomic E-state index is 12.8. The SMILES string of the molecule is CCC[C@@H]1OC(=O)/C(C)=C\[C@H](C)CCCCCCCC[C@H](CC)/C=C\C=C(\COC)CC[C@@H](O)[C@@H](O)C[C@H](O)CNC1=O. The molecule has 1 rings (SSSR count). The number of β-amino-alcohol motifs (C(OH)–C–C–N with tert-alkyl or cyclic N) is 1. The van der Waals surface area contributed by atoms with Crippen molar-refractivity contribution in [2.75, 3.05) is 20.3 Å². The van der Waals surface area contributed by atoms with Gasteiger partial charge in [0.2, 0.25) is 0 Å². The summed E-state index contributed by atoms with van der Waals surface area (Å²) in [5, 5.41) is 34.1. The summed E-state index contributed by atoms with van der Waals surface area (Å²) in [5.41, 5.74) is 1.52. The summed E-state index contributed by atoms with van der Waals surface area (Å²) in [6, 6.07) is 0. The zero-order valence-corrected chi connectivity index (χ0v) is 27.6. The van der Waals surface area contributed by atoms with Crippen molar-refractivity contribution in [1.82, 2.24) is 5.32 Å². The van der Waals surface area contributed by atoms with Crippen LogP contribution < -0.4 is 5.32 Å². The van der Waals surface area contributed by atoms with Crippen molar-refractivity contribution in [3.8, 4) is 0 Å². The summed E-state index contributed by atoms with van der Waals surface area (Å²) >= 11 is 0. The van der Waals surface area contributed by atoms with Gasteiger partial charge in [0.15, 0.2) is 6.10 Å². The molecule has 1 aliphatic rings. The van der Waals surface area contributed by atoms with Gasteiger partial charge in [-0.1, -0.05) is 90.0 Å². The van der Waals surface area contributed by atoms with Crippen LogP contribution in [0.2, 0.25) is 0 Å². The van der Waals surface area contributed by atoms with Gasteiger partial charge in [-0.25, -0.2) is 4.79 Å². The van der Waals surface area contributed by atoms with Crippen LogP contribution in [-0.2, 0) is 19.1 Å². The Kier molecular flexibility index (Phi) is 21.2. The van der Waals surface area contributed by atoms with Crippen LogP contribution >= 0.6 is 0 Å². The maximum Gasteiger partial charge on any atom is 0.334 e. The summed E-state index contributed by atoms with van der Waals surface area (Å²) in [6.45, 7) is 8.27. The van der Waals surface area contributed by atoms with Crippen LogP contribution in [0, 0.1) is 11.8 Å². The van der Waals surface area contributed by atoms with E-state index in [1.165, 1.54) is 38.5 Å². The third kappa shape index (κ3) is 17.8. The second-order valence-electron chi connectivity index (χ2n) is 12.3. The average molecular weight is 608 g/mol. The molecule has 0 spiro atoms. The van der Waals surface area contributed by atoms with Crippen molar-refractivity contribution >= 4 is 11.9 Å². The molecule has 0 fully saturated rings. The van der Waals surface area contributed by atoms with Crippen LogP contribution in [0.5, 0.6) is 0 Å². The Morgan fingerprint density at radius 2 is 1.65 bits per heavy atom. The molecule has 8 heteroatoms. The molecule has 1 aliphatic heterocycles. The largest absolute Gasteiger partial charge is 0.449 e. The predicted octanol–water partition coefficient (Wildman–Crippen LogP) is 5.94. The lowest BCUT2D eigenvalue weighted by Crippen LogP contribution is -2.42. The molecule has 0 bridgehead atoms. The zero-order chi connectivity index (χ0) is 32.0. The number of nitrogens with one attached hydrogen (secondary N) is 1. The van der Waals surface area contributed by atoms with E-state index < -0.39 is 36.3 Å². The molecule has 0 aromatic carbocycles. The molecule has 1 amide bonds. The van der Waals surface area contributed by atoms with Crippen LogP contribution in [0.25, 0.3) is 0 Å². The molecule has 248 valence electrons. The molecular weight excluding hydrogens is 546 g/mol. The third-order valence-corrected chi connectivity index (χ3v) is 8.23. The van der Waals surface area contributed by atoms with Crippen LogP contribution in [0.3, 0.4) is 0 Å². The van der Waals surface area contributed by atoms with Gasteiger partial charge >= 0.3 is 5.97 Å². The molecule has 0 aromatic heterocycles. The van der Waals surface area contributed by atoms with Gasteiger partial charge in [-0.2, -0.15) is 0 Å². The smallest absolute Gasteiger partial charge is 0.334 e. The molecular formula is C35H61NO7. The van der Waals surface area contributed by atoms with E-state index >= 15 is 0 Å². The van der Waals surface area contributed by atoms with Gasteiger partial charge in [-0.3, -0.25) is 4.79 Å². The number of carbonyl (C=O) groups excluding carboxylic acids is 2. The van der Waals surface area contributed by atoms with Crippen molar-refractivity contribution in [3.63, 3.8) is 0 Å². The van der Waals surface area contributed by atoms with Gasteiger partial charge in [0.1, 0.15) is 0 Å². The van der Waals surface area contributed by atoms with Crippen molar-refractivity contribution in [1.29, 1.82) is 0 Å². The van der Waals surface area contributed by atoms with E-state index in [2.05, 4.69) is 31.3 Å². The summed E-state index contributed by atoms with van der Waals surface area (Å²) < 4.78 is 10.9. The third-order valence-electron chi connectivity index (χ3n) is 8.23. The second kappa shape index (κ2) is 23.4. The van der Waals surface area contributed by atoms with Crippen molar-refractivity contribution in [3.05, 3.63) is 35.5 Å². The highest BCUT2D eigenvalue weighted by Crippen LogP contribution is 2.20. The van der Waals surface area contributed by atoms with E-state index in [1.807, 2.05) is 19.1 Å². The number of cyclic esters (lactones) is 1. The Morgan fingerprint density at radius 1 is 0.977 bits per heavy atom. The lowest BCUT2D eigenvalue weighted by atomic mass is 9.96. The van der Waals surface area contributed by atoms with Crippen LogP contribution in [0.4, 0.5) is 0 Å². The van der Waals surface area contributed by atoms with Gasteiger partial charge < -0.3 is 30.1 Å². The molecule has 8 nitrogen and oxygen atoms in total. The Hall–Kier alpha value is -2.00. The Morgan fingerprint density at radius 3 is 2.30 bits per heavy atom. The molecule has 0 saturated heterocycles. The summed E-state index contributed by atoms with van der Waals surface area (Å²) in [6.07, 6.45) is 16.4. The van der Waals surface area contributed by atoms with Crippen LogP contribution in [0.15, 0.2) is 35.5 Å². The van der Waals surface area contributed by atoms with Gasteiger partial charge in [-0.05, 0) is 62.9 Å². The van der Waals surface area contributed by atoms with E-state index in [9.17, 15) is 24.9 Å². The number of rotatable bonds is 5. The molecule has 0 aromatic rings. The Balaban J connectivity index is 2.94. The van der Waals surface area contributed by atoms with Crippen LogP contribution in [-0.4, -0.2) is 71.9 Å². The predicted molar refractivity (Wildman–Crippen MR) is 172 cm³/mol. The number of allylic oxidation sites excluding steroid dienone is 4. The lowest BCUT2D eigenvalue weighted by Gasteiger charge is -2.22. The highest BCUT2D eigenvalue weighted by molar-refractivity contribution is 5.91. The molecule has 0 radical (unpaired) electrons. The van der Waals surface area contributed by atoms with E-state index in [4.69, 9.17) is 9.47 Å². The van der Waals surface area contributed by atoms with E-state index in [0.29, 0.717) is 43.8 Å². The van der Waals surface area contributed by atoms with E-state index in [-0.39, 0.29) is 18.9 Å². The first-order valence-electron chi connectivity index (χ1n) is 16.7. The highest BCUT2D eigenvalue weighted by atomic mass is 16.5. The fourth-order valence-electron chi connectivity index (χ4n) is 5.44. The number of aliphatic hydroxyl groups is 3. The molecule has 0 aliphatic carbocycles. The van der Waals surface area contributed by atoms with E-state index in [0.717, 1.165) is 24.8 Å². The molecule has 0 saturated carbocycles. The number of esters is 1. The molecule has 6 atom stereocenters. The van der Waals surface area contributed by atoms with E-state index in [1.54, 1.807) is 14.0 Å². The minimum atomic E-state index is -1.15.